The summed E-state index contributed by atoms with van der Waals surface area (Å²) in [6.45, 7) is 1.94. The zero-order valence-electron chi connectivity index (χ0n) is 12.9. The Labute approximate surface area is 147 Å². The summed E-state index contributed by atoms with van der Waals surface area (Å²) in [4.78, 5) is 23.5. The molecule has 24 heavy (non-hydrogen) atoms. The van der Waals surface area contributed by atoms with Crippen LogP contribution in [0.2, 0.25) is 0 Å². The van der Waals surface area contributed by atoms with E-state index in [0.717, 1.165) is 10.0 Å². The third-order valence-electron chi connectivity index (χ3n) is 3.04. The molecule has 124 valence electrons. The number of anilines is 1. The van der Waals surface area contributed by atoms with Gasteiger partial charge in [0.15, 0.2) is 0 Å². The highest BCUT2D eigenvalue weighted by Crippen LogP contribution is 2.19. The summed E-state index contributed by atoms with van der Waals surface area (Å²) in [6.07, 6.45) is 0.950. The summed E-state index contributed by atoms with van der Waals surface area (Å²) in [5.74, 6) is -0.949. The van der Waals surface area contributed by atoms with Crippen LogP contribution in [0.3, 0.4) is 0 Å². The van der Waals surface area contributed by atoms with Crippen molar-refractivity contribution in [3.63, 3.8) is 0 Å². The first-order chi connectivity index (χ1) is 11.4. The minimum absolute atomic E-state index is 0.0355. The second-order valence-electron chi connectivity index (χ2n) is 5.09. The second kappa shape index (κ2) is 8.26. The Kier molecular flexibility index (Phi) is 6.08. The number of hydrazone groups is 1. The summed E-state index contributed by atoms with van der Waals surface area (Å²) in [5, 5.41) is 16.0. The quantitative estimate of drug-likeness (QED) is 0.417. The van der Waals surface area contributed by atoms with Gasteiger partial charge in [0, 0.05) is 15.7 Å². The minimum Gasteiger partial charge on any atom is -0.507 e. The van der Waals surface area contributed by atoms with Gasteiger partial charge in [0.1, 0.15) is 12.2 Å². The van der Waals surface area contributed by atoms with Crippen LogP contribution in [0, 0.1) is 6.92 Å². The molecule has 0 aliphatic carbocycles. The molecule has 0 heterocycles. The molecular weight excluding hydrogens is 374 g/mol. The van der Waals surface area contributed by atoms with Crippen molar-refractivity contribution in [2.75, 3.05) is 5.32 Å². The number of halogens is 1. The number of hydrogen-bond acceptors (Lipinski definition) is 4. The van der Waals surface area contributed by atoms with Crippen LogP contribution >= 0.6 is 15.9 Å². The highest BCUT2D eigenvalue weighted by atomic mass is 79.9. The molecule has 0 fully saturated rings. The van der Waals surface area contributed by atoms with Crippen molar-refractivity contribution >= 4 is 39.6 Å². The van der Waals surface area contributed by atoms with Crippen molar-refractivity contribution in [2.45, 2.75) is 13.3 Å². The molecule has 0 atom stereocenters. The lowest BCUT2D eigenvalue weighted by atomic mass is 10.2. The molecule has 0 radical (unpaired) electrons. The monoisotopic (exact) mass is 389 g/mol. The molecule has 0 saturated heterocycles. The fourth-order valence-electron chi connectivity index (χ4n) is 1.83. The molecule has 0 aromatic heterocycles. The van der Waals surface area contributed by atoms with Gasteiger partial charge in [-0.05, 0) is 37.3 Å². The van der Waals surface area contributed by atoms with Gasteiger partial charge in [-0.1, -0.05) is 33.6 Å². The van der Waals surface area contributed by atoms with Gasteiger partial charge < -0.3 is 10.4 Å². The number of rotatable bonds is 5. The molecule has 2 aromatic carbocycles. The molecular formula is C17H16BrN3O3. The Morgan fingerprint density at radius 3 is 2.58 bits per heavy atom. The Morgan fingerprint density at radius 1 is 1.17 bits per heavy atom. The van der Waals surface area contributed by atoms with E-state index in [0.29, 0.717) is 11.3 Å². The molecule has 0 bridgehead atoms. The average molecular weight is 390 g/mol. The van der Waals surface area contributed by atoms with Crippen molar-refractivity contribution in [1.82, 2.24) is 5.43 Å². The lowest BCUT2D eigenvalue weighted by Crippen LogP contribution is -2.24. The number of amides is 2. The maximum absolute atomic E-state index is 11.8. The number of carbonyl (C=O) groups is 2. The molecule has 7 heteroatoms. The van der Waals surface area contributed by atoms with E-state index in [4.69, 9.17) is 0 Å². The molecule has 0 saturated carbocycles. The zero-order chi connectivity index (χ0) is 17.5. The highest BCUT2D eigenvalue weighted by Gasteiger charge is 2.09. The molecule has 0 spiro atoms. The summed E-state index contributed by atoms with van der Waals surface area (Å²) >= 11 is 3.27. The lowest BCUT2D eigenvalue weighted by molar-refractivity contribution is -0.126. The molecule has 2 rings (SSSR count). The molecule has 0 aliphatic heterocycles. The predicted octanol–water partition coefficient (Wildman–Crippen LogP) is 2.94. The van der Waals surface area contributed by atoms with Gasteiger partial charge >= 0.3 is 0 Å². The number of aryl methyl sites for hydroxylation is 1. The van der Waals surface area contributed by atoms with Crippen molar-refractivity contribution in [2.24, 2.45) is 5.10 Å². The van der Waals surface area contributed by atoms with E-state index < -0.39 is 11.8 Å². The van der Waals surface area contributed by atoms with E-state index in [9.17, 15) is 14.7 Å². The molecule has 2 amide bonds. The van der Waals surface area contributed by atoms with Gasteiger partial charge in [-0.2, -0.15) is 5.10 Å². The molecule has 0 unspecified atom stereocenters. The van der Waals surface area contributed by atoms with E-state index in [2.05, 4.69) is 31.8 Å². The van der Waals surface area contributed by atoms with E-state index in [1.54, 1.807) is 24.3 Å². The maximum Gasteiger partial charge on any atom is 0.249 e. The van der Waals surface area contributed by atoms with Crippen LogP contribution in [0.1, 0.15) is 17.5 Å². The van der Waals surface area contributed by atoms with Gasteiger partial charge in [0.2, 0.25) is 11.8 Å². The van der Waals surface area contributed by atoms with Crippen molar-refractivity contribution in [3.05, 3.63) is 58.1 Å². The van der Waals surface area contributed by atoms with Crippen LogP contribution in [0.5, 0.6) is 5.75 Å². The molecule has 0 aliphatic rings. The van der Waals surface area contributed by atoms with Crippen LogP contribution < -0.4 is 10.7 Å². The van der Waals surface area contributed by atoms with Crippen molar-refractivity contribution < 1.29 is 14.7 Å². The highest BCUT2D eigenvalue weighted by molar-refractivity contribution is 9.10. The van der Waals surface area contributed by atoms with Crippen molar-refractivity contribution in [1.29, 1.82) is 0 Å². The van der Waals surface area contributed by atoms with E-state index in [1.165, 1.54) is 12.3 Å². The normalized spacial score (nSPS) is 10.6. The fraction of sp³-hybridized carbons (Fsp3) is 0.118. The second-order valence-corrected chi connectivity index (χ2v) is 6.00. The van der Waals surface area contributed by atoms with Crippen LogP contribution in [0.25, 0.3) is 0 Å². The van der Waals surface area contributed by atoms with E-state index >= 15 is 0 Å². The largest absolute Gasteiger partial charge is 0.507 e. The third-order valence-corrected chi connectivity index (χ3v) is 3.53. The number of aromatic hydroxyl groups is 1. The van der Waals surface area contributed by atoms with E-state index in [1.807, 2.05) is 19.1 Å². The topological polar surface area (TPSA) is 90.8 Å². The number of nitrogens with one attached hydrogen (secondary N) is 2. The van der Waals surface area contributed by atoms with Gasteiger partial charge in [-0.3, -0.25) is 9.59 Å². The summed E-state index contributed by atoms with van der Waals surface area (Å²) in [5.41, 5.74) is 4.39. The number of hydrogen-bond donors (Lipinski definition) is 3. The molecule has 3 N–H and O–H groups in total. The number of phenolic OH excluding ortho intramolecular Hbond substituents is 1. The van der Waals surface area contributed by atoms with Crippen molar-refractivity contribution in [3.8, 4) is 5.75 Å². The number of benzene rings is 2. The van der Waals surface area contributed by atoms with Gasteiger partial charge in [0.25, 0.3) is 0 Å². The van der Waals surface area contributed by atoms with Crippen LogP contribution in [0.15, 0.2) is 52.0 Å². The Morgan fingerprint density at radius 2 is 1.88 bits per heavy atom. The maximum atomic E-state index is 11.8. The van der Waals surface area contributed by atoms with Crippen LogP contribution in [-0.2, 0) is 9.59 Å². The predicted molar refractivity (Wildman–Crippen MR) is 96.0 cm³/mol. The number of phenols is 1. The minimum atomic E-state index is -0.551. The summed E-state index contributed by atoms with van der Waals surface area (Å²) in [6, 6.07) is 12.1. The van der Waals surface area contributed by atoms with Gasteiger partial charge in [-0.15, -0.1) is 0 Å². The first-order valence-electron chi connectivity index (χ1n) is 7.11. The third kappa shape index (κ3) is 5.51. The number of carbonyl (C=O) groups excluding carboxylic acids is 2. The first kappa shape index (κ1) is 17.7. The summed E-state index contributed by atoms with van der Waals surface area (Å²) < 4.78 is 0.769. The Bertz CT molecular complexity index is 773. The molecule has 2 aromatic rings. The Hall–Kier alpha value is -2.67. The lowest BCUT2D eigenvalue weighted by Gasteiger charge is -2.05. The Balaban J connectivity index is 1.84. The van der Waals surface area contributed by atoms with Gasteiger partial charge in [0.05, 0.1) is 6.21 Å². The summed E-state index contributed by atoms with van der Waals surface area (Å²) in [7, 11) is 0. The smallest absolute Gasteiger partial charge is 0.249 e. The van der Waals surface area contributed by atoms with E-state index in [-0.39, 0.29) is 12.2 Å². The van der Waals surface area contributed by atoms with Crippen LogP contribution in [-0.4, -0.2) is 23.1 Å². The SMILES string of the molecule is Cc1ccc(NC(=O)CC(=O)NN=Cc2cc(Br)ccc2O)cc1. The average Bonchev–Trinajstić information content (AvgIpc) is 2.53. The standard InChI is InChI=1S/C17H16BrN3O3/c1-11-2-5-14(6-3-11)20-16(23)9-17(24)21-19-10-12-8-13(18)4-7-15(12)22/h2-8,10,22H,9H2,1H3,(H,20,23)(H,21,24). The molecule has 6 nitrogen and oxygen atoms in total. The van der Waals surface area contributed by atoms with Gasteiger partial charge in [-0.25, -0.2) is 5.43 Å². The first-order valence-corrected chi connectivity index (χ1v) is 7.90. The zero-order valence-corrected chi connectivity index (χ0v) is 14.5. The number of nitrogens with zero attached hydrogens (tertiary/aromatic N) is 1. The van der Waals surface area contributed by atoms with Crippen LogP contribution in [0.4, 0.5) is 5.69 Å². The fourth-order valence-corrected chi connectivity index (χ4v) is 2.21.